The molecule has 0 aromatic heterocycles. The topological polar surface area (TPSA) is 0 Å². The van der Waals surface area contributed by atoms with Crippen molar-refractivity contribution in [2.75, 3.05) is 0 Å². The summed E-state index contributed by atoms with van der Waals surface area (Å²) in [5, 5.41) is 0. The predicted molar refractivity (Wildman–Crippen MR) is 54.3 cm³/mol. The second kappa shape index (κ2) is 4.81. The summed E-state index contributed by atoms with van der Waals surface area (Å²) in [6, 6.07) is 0. The zero-order chi connectivity index (χ0) is 9.73. The molecule has 0 aliphatic heterocycles. The van der Waals surface area contributed by atoms with Crippen LogP contribution in [-0.4, -0.2) is 0 Å². The molecule has 0 aromatic carbocycles. The van der Waals surface area contributed by atoms with Crippen LogP contribution in [-0.2, 0) is 15.5 Å². The summed E-state index contributed by atoms with van der Waals surface area (Å²) < 4.78 is -0.139. The van der Waals surface area contributed by atoms with Crippen LogP contribution in [0.1, 0.15) is 32.6 Å². The van der Waals surface area contributed by atoms with E-state index in [1.165, 1.54) is 18.4 Å². The fourth-order valence-corrected chi connectivity index (χ4v) is 1.92. The fourth-order valence-electron chi connectivity index (χ4n) is 1.56. The van der Waals surface area contributed by atoms with Crippen molar-refractivity contribution in [1.82, 2.24) is 0 Å². The van der Waals surface area contributed by atoms with Crippen LogP contribution < -0.4 is 0 Å². The molecule has 0 N–H and O–H groups in total. The Kier molecular flexibility index (Phi) is 4.00. The number of hydrogen-bond acceptors (Lipinski definition) is 0. The van der Waals surface area contributed by atoms with E-state index in [-0.39, 0.29) is 4.38 Å². The molecule has 1 unspecified atom stereocenters. The molecule has 0 bridgehead atoms. The van der Waals surface area contributed by atoms with Gasteiger partial charge in [-0.1, -0.05) is 0 Å². The number of allylic oxidation sites excluding steroid dienone is 5. The Labute approximate surface area is 89.2 Å². The van der Waals surface area contributed by atoms with Crippen molar-refractivity contribution in [3.05, 3.63) is 36.5 Å². The van der Waals surface area contributed by atoms with Gasteiger partial charge in [-0.2, -0.15) is 0 Å². The normalized spacial score (nSPS) is 19.8. The van der Waals surface area contributed by atoms with Gasteiger partial charge in [0.2, 0.25) is 0 Å². The predicted octanol–water partition coefficient (Wildman–Crippen LogP) is 3.95. The van der Waals surface area contributed by atoms with Gasteiger partial charge in [0.25, 0.3) is 0 Å². The van der Waals surface area contributed by atoms with E-state index in [1.807, 2.05) is 6.08 Å². The van der Waals surface area contributed by atoms with Gasteiger partial charge in [0, 0.05) is 0 Å². The Hall–Kier alpha value is -0.286. The Balaban J connectivity index is 2.63. The molecular weight excluding hydrogens is 203 g/mol. The fraction of sp³-hybridized carbons (Fsp3) is 0.500. The zero-order valence-corrected chi connectivity index (χ0v) is 9.15. The van der Waals surface area contributed by atoms with Gasteiger partial charge in [-0.05, 0) is 0 Å². The van der Waals surface area contributed by atoms with Crippen molar-refractivity contribution in [3.8, 4) is 0 Å². The van der Waals surface area contributed by atoms with Crippen LogP contribution in [0.4, 0.5) is 0 Å². The third kappa shape index (κ3) is 2.58. The van der Waals surface area contributed by atoms with Gasteiger partial charge in [0.05, 0.1) is 0 Å². The maximum absolute atomic E-state index is 5.27. The first-order chi connectivity index (χ1) is 6.23. The molecule has 0 aromatic rings. The molecule has 1 rings (SSSR count). The molecule has 0 saturated carbocycles. The monoisotopic (exact) mass is 219 g/mol. The van der Waals surface area contributed by atoms with Crippen molar-refractivity contribution in [1.29, 1.82) is 0 Å². The van der Waals surface area contributed by atoms with Crippen LogP contribution in [0.15, 0.2) is 36.5 Å². The van der Waals surface area contributed by atoms with E-state index < -0.39 is 0 Å². The minimum atomic E-state index is -0.139. The van der Waals surface area contributed by atoms with Crippen LogP contribution in [0.25, 0.3) is 0 Å². The summed E-state index contributed by atoms with van der Waals surface area (Å²) in [6.07, 6.45) is 12.9. The number of rotatable bonds is 5. The summed E-state index contributed by atoms with van der Waals surface area (Å²) in [4.78, 5) is 0. The van der Waals surface area contributed by atoms with Gasteiger partial charge in [-0.25, -0.2) is 0 Å². The van der Waals surface area contributed by atoms with E-state index >= 15 is 0 Å². The Morgan fingerprint density at radius 3 is 2.92 bits per heavy atom. The Morgan fingerprint density at radius 1 is 1.69 bits per heavy atom. The van der Waals surface area contributed by atoms with Gasteiger partial charge in [0.15, 0.2) is 0 Å². The molecule has 1 aliphatic carbocycles. The second-order valence-electron chi connectivity index (χ2n) is 3.44. The third-order valence-corrected chi connectivity index (χ3v) is 3.24. The minimum absolute atomic E-state index is 0.139. The molecule has 0 fully saturated rings. The molecule has 0 saturated heterocycles. The molecule has 1 aliphatic rings. The van der Waals surface area contributed by atoms with E-state index in [4.69, 9.17) is 15.5 Å². The second-order valence-corrected chi connectivity index (χ2v) is 4.32. The van der Waals surface area contributed by atoms with Crippen LogP contribution in [0.3, 0.4) is 0 Å². The molecule has 0 spiro atoms. The number of hydrogen-bond donors (Lipinski definition) is 0. The summed E-state index contributed by atoms with van der Waals surface area (Å²) >= 11 is 5.27. The van der Waals surface area contributed by atoms with Crippen molar-refractivity contribution < 1.29 is 15.5 Å². The van der Waals surface area contributed by atoms with Gasteiger partial charge in [-0.15, -0.1) is 0 Å². The van der Waals surface area contributed by atoms with E-state index in [1.54, 1.807) is 0 Å². The van der Waals surface area contributed by atoms with Crippen molar-refractivity contribution >= 4 is 0 Å². The number of unbranched alkanes of at least 4 members (excludes halogenated alkanes) is 1. The zero-order valence-electron chi connectivity index (χ0n) is 8.16. The average molecular weight is 220 g/mol. The van der Waals surface area contributed by atoms with Gasteiger partial charge >= 0.3 is 88.9 Å². The molecule has 75 valence electrons. The SMILES string of the molecule is C=C[C]([Ni])(CCCC)C1=CC=CC1. The average Bonchev–Trinajstić information content (AvgIpc) is 2.67. The first-order valence-corrected chi connectivity index (χ1v) is 5.38. The summed E-state index contributed by atoms with van der Waals surface area (Å²) in [6.45, 7) is 6.07. The van der Waals surface area contributed by atoms with Crippen LogP contribution >= 0.6 is 0 Å². The molecule has 0 heterocycles. The Morgan fingerprint density at radius 2 is 2.46 bits per heavy atom. The van der Waals surface area contributed by atoms with Crippen molar-refractivity contribution in [3.63, 3.8) is 0 Å². The third-order valence-electron chi connectivity index (χ3n) is 2.47. The van der Waals surface area contributed by atoms with Gasteiger partial charge in [0.1, 0.15) is 0 Å². The molecular formula is C12H17Ni. The molecule has 0 amide bonds. The van der Waals surface area contributed by atoms with Crippen LogP contribution in [0, 0.1) is 0 Å². The van der Waals surface area contributed by atoms with Gasteiger partial charge in [-0.3, -0.25) is 0 Å². The molecule has 0 radical (unpaired) electrons. The first kappa shape index (κ1) is 10.8. The maximum atomic E-state index is 5.27. The summed E-state index contributed by atoms with van der Waals surface area (Å²) in [5.41, 5.74) is 1.36. The van der Waals surface area contributed by atoms with Crippen molar-refractivity contribution in [2.45, 2.75) is 37.0 Å². The van der Waals surface area contributed by atoms with E-state index in [0.717, 1.165) is 12.8 Å². The van der Waals surface area contributed by atoms with Gasteiger partial charge < -0.3 is 0 Å². The van der Waals surface area contributed by atoms with Crippen molar-refractivity contribution in [2.24, 2.45) is 0 Å². The van der Waals surface area contributed by atoms with Crippen LogP contribution in [0.2, 0.25) is 4.38 Å². The molecule has 0 nitrogen and oxygen atoms in total. The van der Waals surface area contributed by atoms with E-state index in [2.05, 4.69) is 31.7 Å². The quantitative estimate of drug-likeness (QED) is 0.485. The standard InChI is InChI=1S/C12H17.Ni/c1-3-5-8-11(4-2)12-9-6-7-10-12;/h4,6-7,9H,2-3,5,8,10H2,1H3;. The van der Waals surface area contributed by atoms with Crippen LogP contribution in [0.5, 0.6) is 0 Å². The molecule has 1 atom stereocenters. The summed E-state index contributed by atoms with van der Waals surface area (Å²) in [7, 11) is 0. The van der Waals surface area contributed by atoms with E-state index in [0.29, 0.717) is 0 Å². The molecule has 13 heavy (non-hydrogen) atoms. The van der Waals surface area contributed by atoms with E-state index in [9.17, 15) is 0 Å². The first-order valence-electron chi connectivity index (χ1n) is 4.88. The molecule has 1 heteroatoms. The Bertz CT molecular complexity index is 238. The summed E-state index contributed by atoms with van der Waals surface area (Å²) in [5.74, 6) is 0.